The average Bonchev–Trinajstić information content (AvgIpc) is 3.00. The summed E-state index contributed by atoms with van der Waals surface area (Å²) in [5.74, 6) is 0.732. The molecule has 2 bridgehead atoms. The van der Waals surface area contributed by atoms with Gasteiger partial charge in [-0.3, -0.25) is 9.88 Å². The van der Waals surface area contributed by atoms with Gasteiger partial charge in [-0.05, 0) is 37.8 Å². The molecule has 0 radical (unpaired) electrons. The number of hydrogen-bond acceptors (Lipinski definition) is 6. The van der Waals surface area contributed by atoms with Crippen LogP contribution in [0.5, 0.6) is 0 Å². The van der Waals surface area contributed by atoms with Gasteiger partial charge in [0.05, 0.1) is 24.4 Å². The molecule has 2 N–H and O–H groups in total. The summed E-state index contributed by atoms with van der Waals surface area (Å²) in [6.07, 6.45) is 2.66. The molecule has 0 aromatic carbocycles. The van der Waals surface area contributed by atoms with Crippen LogP contribution in [0, 0.1) is 0 Å². The fourth-order valence-electron chi connectivity index (χ4n) is 5.13. The molecule has 30 heavy (non-hydrogen) atoms. The van der Waals surface area contributed by atoms with Crippen molar-refractivity contribution in [3.05, 3.63) is 29.0 Å². The highest BCUT2D eigenvalue weighted by molar-refractivity contribution is 6.30. The molecule has 2 aromatic heterocycles. The number of morpholine rings is 1. The number of ether oxygens (including phenoxy) is 1. The van der Waals surface area contributed by atoms with Gasteiger partial charge in [0.2, 0.25) is 0 Å². The molecule has 3 aliphatic heterocycles. The molecule has 9 heteroatoms. The fraction of sp³-hybridized carbons (Fsp3) is 0.571. The highest BCUT2D eigenvalue weighted by Gasteiger charge is 2.43. The molecule has 160 valence electrons. The van der Waals surface area contributed by atoms with Crippen molar-refractivity contribution in [1.29, 1.82) is 0 Å². The molecule has 5 rings (SSSR count). The van der Waals surface area contributed by atoms with Gasteiger partial charge in [0.15, 0.2) is 0 Å². The summed E-state index contributed by atoms with van der Waals surface area (Å²) in [7, 11) is 0. The van der Waals surface area contributed by atoms with Crippen LogP contribution in [-0.4, -0.2) is 75.4 Å². The Morgan fingerprint density at radius 3 is 2.63 bits per heavy atom. The molecule has 0 spiro atoms. The molecule has 5 heterocycles. The number of amides is 1. The van der Waals surface area contributed by atoms with Gasteiger partial charge < -0.3 is 20.1 Å². The minimum Gasteiger partial charge on any atom is -0.465 e. The van der Waals surface area contributed by atoms with Gasteiger partial charge in [0.25, 0.3) is 0 Å². The zero-order valence-corrected chi connectivity index (χ0v) is 17.5. The maximum absolute atomic E-state index is 11.5. The standard InChI is InChI=1S/C21H26ClN5O3/c22-19-11-18-17(4-1-13(23-18)12-26-5-7-30-8-6-26)20(25-19)24-14-9-15-2-3-16(10-14)27(15)21(28)29/h1,4,11,14-16H,2-3,5-10,12H2,(H,24,25)(H,28,29)/t14-,15+,16-. The number of piperidine rings is 1. The molecule has 8 nitrogen and oxygen atoms in total. The van der Waals surface area contributed by atoms with E-state index in [0.29, 0.717) is 5.15 Å². The van der Waals surface area contributed by atoms with E-state index in [1.807, 2.05) is 6.07 Å². The summed E-state index contributed by atoms with van der Waals surface area (Å²) in [4.78, 5) is 24.9. The number of carbonyl (C=O) groups is 1. The normalized spacial score (nSPS) is 26.8. The number of hydrogen-bond donors (Lipinski definition) is 2. The number of carboxylic acid groups (broad SMARTS) is 1. The van der Waals surface area contributed by atoms with Crippen molar-refractivity contribution in [3.8, 4) is 0 Å². The Balaban J connectivity index is 1.35. The SMILES string of the molecule is O=C(O)N1[C@@H]2CC[C@H]1C[C@@H](Nc1nc(Cl)cc3nc(CN4CCOCC4)ccc13)C2. The minimum absolute atomic E-state index is 0.0856. The second-order valence-corrected chi connectivity index (χ2v) is 8.83. The maximum atomic E-state index is 11.5. The van der Waals surface area contributed by atoms with Gasteiger partial charge in [-0.15, -0.1) is 0 Å². The highest BCUT2D eigenvalue weighted by atomic mass is 35.5. The monoisotopic (exact) mass is 431 g/mol. The molecule has 0 aliphatic carbocycles. The third-order valence-electron chi connectivity index (χ3n) is 6.50. The predicted molar refractivity (Wildman–Crippen MR) is 114 cm³/mol. The van der Waals surface area contributed by atoms with E-state index < -0.39 is 6.09 Å². The van der Waals surface area contributed by atoms with Crippen molar-refractivity contribution in [2.24, 2.45) is 0 Å². The highest BCUT2D eigenvalue weighted by Crippen LogP contribution is 2.37. The zero-order valence-electron chi connectivity index (χ0n) is 16.8. The van der Waals surface area contributed by atoms with E-state index in [9.17, 15) is 9.90 Å². The average molecular weight is 432 g/mol. The number of rotatable bonds is 4. The molecule has 2 aromatic rings. The Kier molecular flexibility index (Phi) is 5.39. The Hall–Kier alpha value is -2.16. The number of aromatic nitrogens is 2. The summed E-state index contributed by atoms with van der Waals surface area (Å²) in [6.45, 7) is 4.15. The van der Waals surface area contributed by atoms with E-state index in [4.69, 9.17) is 21.3 Å². The summed E-state index contributed by atoms with van der Waals surface area (Å²) in [6, 6.07) is 6.27. The first-order valence-electron chi connectivity index (χ1n) is 10.6. The van der Waals surface area contributed by atoms with Gasteiger partial charge >= 0.3 is 6.09 Å². The smallest absolute Gasteiger partial charge is 0.407 e. The van der Waals surface area contributed by atoms with E-state index in [2.05, 4.69) is 27.3 Å². The first-order chi connectivity index (χ1) is 14.6. The molecule has 3 fully saturated rings. The Bertz CT molecular complexity index is 938. The first-order valence-corrected chi connectivity index (χ1v) is 11.0. The van der Waals surface area contributed by atoms with Crippen molar-refractivity contribution in [1.82, 2.24) is 19.8 Å². The summed E-state index contributed by atoms with van der Waals surface area (Å²) < 4.78 is 5.42. The number of nitrogens with zero attached hydrogens (tertiary/aromatic N) is 4. The van der Waals surface area contributed by atoms with Crippen LogP contribution in [0.25, 0.3) is 10.9 Å². The van der Waals surface area contributed by atoms with Crippen molar-refractivity contribution in [2.45, 2.75) is 50.4 Å². The predicted octanol–water partition coefficient (Wildman–Crippen LogP) is 3.20. The molecular weight excluding hydrogens is 406 g/mol. The van der Waals surface area contributed by atoms with Crippen molar-refractivity contribution < 1.29 is 14.6 Å². The van der Waals surface area contributed by atoms with Crippen molar-refractivity contribution in [2.75, 3.05) is 31.6 Å². The van der Waals surface area contributed by atoms with Gasteiger partial charge in [0, 0.05) is 49.2 Å². The van der Waals surface area contributed by atoms with E-state index in [1.54, 1.807) is 4.90 Å². The Morgan fingerprint density at radius 2 is 1.93 bits per heavy atom. The molecule has 3 saturated heterocycles. The molecule has 0 saturated carbocycles. The number of fused-ring (bicyclic) bond motifs is 3. The molecule has 0 unspecified atom stereocenters. The van der Waals surface area contributed by atoms with E-state index in [0.717, 1.165) is 80.9 Å². The molecule has 1 amide bonds. The number of anilines is 1. The van der Waals surface area contributed by atoms with Crippen LogP contribution in [0.3, 0.4) is 0 Å². The topological polar surface area (TPSA) is 90.8 Å². The molecule has 3 aliphatic rings. The largest absolute Gasteiger partial charge is 0.465 e. The number of pyridine rings is 2. The van der Waals surface area contributed by atoms with Crippen LogP contribution in [0.1, 0.15) is 31.4 Å². The third-order valence-corrected chi connectivity index (χ3v) is 6.69. The van der Waals surface area contributed by atoms with E-state index in [-0.39, 0.29) is 18.1 Å². The first kappa shape index (κ1) is 19.8. The van der Waals surface area contributed by atoms with Crippen LogP contribution in [0.15, 0.2) is 18.2 Å². The van der Waals surface area contributed by atoms with Crippen LogP contribution >= 0.6 is 11.6 Å². The van der Waals surface area contributed by atoms with Crippen LogP contribution in [0.4, 0.5) is 10.6 Å². The second-order valence-electron chi connectivity index (χ2n) is 8.44. The van der Waals surface area contributed by atoms with Crippen molar-refractivity contribution >= 4 is 34.4 Å². The summed E-state index contributed by atoms with van der Waals surface area (Å²) >= 11 is 6.32. The summed E-state index contributed by atoms with van der Waals surface area (Å²) in [5.41, 5.74) is 1.83. The van der Waals surface area contributed by atoms with Gasteiger partial charge in [-0.25, -0.2) is 9.78 Å². The Morgan fingerprint density at radius 1 is 1.20 bits per heavy atom. The minimum atomic E-state index is -0.802. The Labute approximate surface area is 180 Å². The molecular formula is C21H26ClN5O3. The maximum Gasteiger partial charge on any atom is 0.407 e. The quantitative estimate of drug-likeness (QED) is 0.718. The van der Waals surface area contributed by atoms with Crippen LogP contribution in [0.2, 0.25) is 5.15 Å². The van der Waals surface area contributed by atoms with E-state index >= 15 is 0 Å². The van der Waals surface area contributed by atoms with Crippen molar-refractivity contribution in [3.63, 3.8) is 0 Å². The number of halogens is 1. The summed E-state index contributed by atoms with van der Waals surface area (Å²) in [5, 5.41) is 14.4. The van der Waals surface area contributed by atoms with Gasteiger partial charge in [0.1, 0.15) is 11.0 Å². The lowest BCUT2D eigenvalue weighted by Gasteiger charge is -2.37. The lowest BCUT2D eigenvalue weighted by Crippen LogP contribution is -2.49. The lowest BCUT2D eigenvalue weighted by molar-refractivity contribution is 0.0337. The fourth-order valence-corrected chi connectivity index (χ4v) is 5.31. The zero-order chi connectivity index (χ0) is 20.7. The number of nitrogens with one attached hydrogen (secondary N) is 1. The molecule has 3 atom stereocenters. The van der Waals surface area contributed by atoms with Crippen LogP contribution < -0.4 is 5.32 Å². The van der Waals surface area contributed by atoms with Gasteiger partial charge in [-0.2, -0.15) is 0 Å². The van der Waals surface area contributed by atoms with Gasteiger partial charge in [-0.1, -0.05) is 11.6 Å². The van der Waals surface area contributed by atoms with Crippen LogP contribution in [-0.2, 0) is 11.3 Å². The third kappa shape index (κ3) is 3.91. The van der Waals surface area contributed by atoms with E-state index in [1.165, 1.54) is 0 Å². The second kappa shape index (κ2) is 8.17. The lowest BCUT2D eigenvalue weighted by atomic mass is 9.97.